The maximum atomic E-state index is 13.4. The topological polar surface area (TPSA) is 12.0 Å². The van der Waals surface area contributed by atoms with E-state index in [1.165, 1.54) is 25.7 Å². The average molecular weight is 332 g/mol. The van der Waals surface area contributed by atoms with Crippen molar-refractivity contribution in [3.63, 3.8) is 0 Å². The molecule has 1 N–H and O–H groups in total. The second-order valence-electron chi connectivity index (χ2n) is 4.79. The van der Waals surface area contributed by atoms with E-state index in [1.54, 1.807) is 12.1 Å². The first-order valence-corrected chi connectivity index (χ1v) is 8.49. The molecule has 0 spiro atoms. The molecule has 1 aliphatic carbocycles. The highest BCUT2D eigenvalue weighted by molar-refractivity contribution is 9.10. The van der Waals surface area contributed by atoms with Gasteiger partial charge in [-0.25, -0.2) is 4.39 Å². The minimum Gasteiger partial charge on any atom is -0.309 e. The Morgan fingerprint density at radius 2 is 2.17 bits per heavy atom. The lowest BCUT2D eigenvalue weighted by Gasteiger charge is -2.31. The first-order valence-electron chi connectivity index (χ1n) is 6.41. The summed E-state index contributed by atoms with van der Waals surface area (Å²) in [6, 6.07) is 5.92. The zero-order valence-electron chi connectivity index (χ0n) is 10.6. The molecule has 2 atom stereocenters. The Morgan fingerprint density at radius 3 is 2.89 bits per heavy atom. The lowest BCUT2D eigenvalue weighted by Crippen LogP contribution is -2.39. The third kappa shape index (κ3) is 3.72. The molecule has 100 valence electrons. The molecule has 18 heavy (non-hydrogen) atoms. The summed E-state index contributed by atoms with van der Waals surface area (Å²) in [7, 11) is 0. The fraction of sp³-hybridized carbons (Fsp3) is 0.571. The molecule has 1 aromatic carbocycles. The number of thioether (sulfide) groups is 1. The number of halogens is 2. The van der Waals surface area contributed by atoms with Crippen LogP contribution in [0.15, 0.2) is 22.7 Å². The predicted molar refractivity (Wildman–Crippen MR) is 80.5 cm³/mol. The van der Waals surface area contributed by atoms with Crippen molar-refractivity contribution in [3.8, 4) is 0 Å². The maximum absolute atomic E-state index is 13.4. The highest BCUT2D eigenvalue weighted by Crippen LogP contribution is 2.27. The van der Waals surface area contributed by atoms with Crippen LogP contribution in [0.2, 0.25) is 0 Å². The van der Waals surface area contributed by atoms with Crippen LogP contribution in [0.4, 0.5) is 4.39 Å². The Bertz CT molecular complexity index is 399. The highest BCUT2D eigenvalue weighted by Gasteiger charge is 2.23. The summed E-state index contributed by atoms with van der Waals surface area (Å²) in [6.07, 6.45) is 7.38. The van der Waals surface area contributed by atoms with Gasteiger partial charge in [-0.15, -0.1) is 0 Å². The van der Waals surface area contributed by atoms with Crippen LogP contribution in [0.1, 0.15) is 31.2 Å². The maximum Gasteiger partial charge on any atom is 0.137 e. The van der Waals surface area contributed by atoms with E-state index >= 15 is 0 Å². The molecule has 0 radical (unpaired) electrons. The Morgan fingerprint density at radius 1 is 1.39 bits per heavy atom. The molecule has 1 saturated carbocycles. The lowest BCUT2D eigenvalue weighted by atomic mass is 9.94. The summed E-state index contributed by atoms with van der Waals surface area (Å²) in [5.74, 6) is -0.181. The number of benzene rings is 1. The van der Waals surface area contributed by atoms with Crippen molar-refractivity contribution < 1.29 is 4.39 Å². The van der Waals surface area contributed by atoms with Crippen LogP contribution in [0.25, 0.3) is 0 Å². The monoisotopic (exact) mass is 331 g/mol. The van der Waals surface area contributed by atoms with Crippen molar-refractivity contribution in [1.82, 2.24) is 5.32 Å². The van der Waals surface area contributed by atoms with E-state index in [-0.39, 0.29) is 5.82 Å². The summed E-state index contributed by atoms with van der Waals surface area (Å²) in [5, 5.41) is 4.29. The van der Waals surface area contributed by atoms with Crippen molar-refractivity contribution >= 4 is 27.7 Å². The first kappa shape index (κ1) is 14.4. The first-order chi connectivity index (χ1) is 8.70. The van der Waals surface area contributed by atoms with Gasteiger partial charge >= 0.3 is 0 Å². The van der Waals surface area contributed by atoms with Gasteiger partial charge in [-0.2, -0.15) is 11.8 Å². The van der Waals surface area contributed by atoms with E-state index in [9.17, 15) is 4.39 Å². The van der Waals surface area contributed by atoms with Gasteiger partial charge < -0.3 is 5.32 Å². The van der Waals surface area contributed by atoms with E-state index in [2.05, 4.69) is 27.5 Å². The third-order valence-corrected chi connectivity index (χ3v) is 5.37. The molecule has 1 aliphatic rings. The van der Waals surface area contributed by atoms with Gasteiger partial charge in [0.25, 0.3) is 0 Å². The molecule has 0 aliphatic heterocycles. The molecule has 0 heterocycles. The summed E-state index contributed by atoms with van der Waals surface area (Å²) in [5.41, 5.74) is 1.01. The van der Waals surface area contributed by atoms with E-state index in [0.717, 1.165) is 12.1 Å². The molecule has 1 aromatic rings. The smallest absolute Gasteiger partial charge is 0.137 e. The van der Waals surface area contributed by atoms with E-state index in [4.69, 9.17) is 0 Å². The minimum atomic E-state index is -0.181. The lowest BCUT2D eigenvalue weighted by molar-refractivity contribution is 0.383. The fourth-order valence-corrected chi connectivity index (χ4v) is 3.72. The number of rotatable bonds is 4. The van der Waals surface area contributed by atoms with Crippen molar-refractivity contribution in [1.29, 1.82) is 0 Å². The van der Waals surface area contributed by atoms with Crippen molar-refractivity contribution in [2.45, 2.75) is 43.5 Å². The third-order valence-electron chi connectivity index (χ3n) is 3.56. The molecule has 2 unspecified atom stereocenters. The molecular formula is C14H19BrFNS. The summed E-state index contributed by atoms with van der Waals surface area (Å²) < 4.78 is 13.9. The normalized spacial score (nSPS) is 24.2. The number of nitrogens with one attached hydrogen (secondary N) is 1. The predicted octanol–water partition coefficient (Wildman–Crippen LogP) is 4.35. The number of hydrogen-bond acceptors (Lipinski definition) is 2. The second kappa shape index (κ2) is 6.92. The average Bonchev–Trinajstić information content (AvgIpc) is 2.40. The van der Waals surface area contributed by atoms with Gasteiger partial charge in [0.1, 0.15) is 5.82 Å². The van der Waals surface area contributed by atoms with Crippen molar-refractivity contribution in [2.75, 3.05) is 6.26 Å². The molecule has 2 rings (SSSR count). The molecule has 4 heteroatoms. The van der Waals surface area contributed by atoms with Gasteiger partial charge in [0.05, 0.1) is 4.47 Å². The van der Waals surface area contributed by atoms with Gasteiger partial charge in [-0.3, -0.25) is 0 Å². The summed E-state index contributed by atoms with van der Waals surface area (Å²) in [4.78, 5) is 0. The molecule has 1 nitrogen and oxygen atoms in total. The van der Waals surface area contributed by atoms with Crippen LogP contribution in [-0.4, -0.2) is 17.5 Å². The standard InChI is InChI=1S/C14H19BrFNS/c1-18-14-5-3-2-4-13(14)17-9-10-6-7-11(15)12(16)8-10/h6-8,13-14,17H,2-5,9H2,1H3. The van der Waals surface area contributed by atoms with Crippen LogP contribution in [0.3, 0.4) is 0 Å². The zero-order valence-corrected chi connectivity index (χ0v) is 13.0. The molecule has 0 saturated heterocycles. The zero-order chi connectivity index (χ0) is 13.0. The molecule has 0 bridgehead atoms. The summed E-state index contributed by atoms with van der Waals surface area (Å²) >= 11 is 5.13. The Labute approximate surface area is 121 Å². The summed E-state index contributed by atoms with van der Waals surface area (Å²) in [6.45, 7) is 0.756. The van der Waals surface area contributed by atoms with Crippen molar-refractivity contribution in [2.24, 2.45) is 0 Å². The second-order valence-corrected chi connectivity index (χ2v) is 6.73. The van der Waals surface area contributed by atoms with E-state index < -0.39 is 0 Å². The van der Waals surface area contributed by atoms with Crippen LogP contribution < -0.4 is 5.32 Å². The quantitative estimate of drug-likeness (QED) is 0.880. The molecular weight excluding hydrogens is 313 g/mol. The Hall–Kier alpha value is -0.0600. The van der Waals surface area contributed by atoms with Crippen LogP contribution in [-0.2, 0) is 6.54 Å². The SMILES string of the molecule is CSC1CCCCC1NCc1ccc(Br)c(F)c1. The van der Waals surface area contributed by atoms with Crippen LogP contribution >= 0.6 is 27.7 Å². The molecule has 1 fully saturated rings. The van der Waals surface area contributed by atoms with E-state index in [0.29, 0.717) is 15.8 Å². The largest absolute Gasteiger partial charge is 0.309 e. The van der Waals surface area contributed by atoms with Gasteiger partial charge in [0.2, 0.25) is 0 Å². The van der Waals surface area contributed by atoms with Crippen LogP contribution in [0.5, 0.6) is 0 Å². The highest BCUT2D eigenvalue weighted by atomic mass is 79.9. The van der Waals surface area contributed by atoms with Crippen molar-refractivity contribution in [3.05, 3.63) is 34.1 Å². The Balaban J connectivity index is 1.91. The number of hydrogen-bond donors (Lipinski definition) is 1. The van der Waals surface area contributed by atoms with Gasteiger partial charge in [-0.1, -0.05) is 18.9 Å². The fourth-order valence-electron chi connectivity index (χ4n) is 2.51. The van der Waals surface area contributed by atoms with Gasteiger partial charge in [-0.05, 0) is 52.7 Å². The van der Waals surface area contributed by atoms with Gasteiger partial charge in [0, 0.05) is 17.8 Å². The molecule has 0 aromatic heterocycles. The van der Waals surface area contributed by atoms with E-state index in [1.807, 2.05) is 17.8 Å². The van der Waals surface area contributed by atoms with Gasteiger partial charge in [0.15, 0.2) is 0 Å². The molecule has 0 amide bonds. The Kier molecular flexibility index (Phi) is 5.52. The van der Waals surface area contributed by atoms with Crippen LogP contribution in [0, 0.1) is 5.82 Å². The minimum absolute atomic E-state index is 0.181.